The van der Waals surface area contributed by atoms with Crippen molar-refractivity contribution in [1.82, 2.24) is 15.5 Å². The maximum atomic E-state index is 12.4. The maximum Gasteiger partial charge on any atom is 0.408 e. The molecule has 27 heteroatoms. The fourth-order valence-electron chi connectivity index (χ4n) is 8.47. The van der Waals surface area contributed by atoms with Crippen molar-refractivity contribution in [3.8, 4) is 0 Å². The third-order valence-corrected chi connectivity index (χ3v) is 14.8. The number of carboxylic acids is 2. The molecule has 2 aliphatic rings. The highest BCUT2D eigenvalue weighted by Gasteiger charge is 2.53. The highest BCUT2D eigenvalue weighted by molar-refractivity contribution is 6.64. The normalized spacial score (nSPS) is 23.3. The van der Waals surface area contributed by atoms with Crippen LogP contribution >= 0.6 is 23.2 Å². The third-order valence-electron chi connectivity index (χ3n) is 13.8. The van der Waals surface area contributed by atoms with Crippen LogP contribution < -0.4 is 10.6 Å². The van der Waals surface area contributed by atoms with Crippen LogP contribution in [0.15, 0.2) is 102 Å². The number of carbonyl (C=O) groups is 6. The van der Waals surface area contributed by atoms with Gasteiger partial charge >= 0.3 is 30.1 Å². The van der Waals surface area contributed by atoms with E-state index < -0.39 is 139 Å². The van der Waals surface area contributed by atoms with Gasteiger partial charge in [0.2, 0.25) is 5.24 Å². The highest BCUT2D eigenvalue weighted by Crippen LogP contribution is 2.40. The Balaban J connectivity index is 0.000000561. The van der Waals surface area contributed by atoms with Crippen molar-refractivity contribution in [3.63, 3.8) is 0 Å². The number of aliphatic carboxylic acids is 2. The lowest BCUT2D eigenvalue weighted by molar-refractivity contribution is -0.302. The van der Waals surface area contributed by atoms with Gasteiger partial charge in [0.05, 0.1) is 37.6 Å². The van der Waals surface area contributed by atoms with Gasteiger partial charge in [-0.25, -0.2) is 24.0 Å². The molecule has 1 aliphatic heterocycles. The number of amides is 2. The van der Waals surface area contributed by atoms with Gasteiger partial charge in [0, 0.05) is 32.9 Å². The van der Waals surface area contributed by atoms with Gasteiger partial charge in [0.1, 0.15) is 55.4 Å². The Morgan fingerprint density at radius 3 is 1.36 bits per heavy atom. The summed E-state index contributed by atoms with van der Waals surface area (Å²) >= 11 is 11.1. The molecule has 3 aromatic carbocycles. The predicted molar refractivity (Wildman–Crippen MR) is 318 cm³/mol. The number of benzene rings is 3. The monoisotopic (exact) mass is 1270 g/mol. The van der Waals surface area contributed by atoms with Crippen molar-refractivity contribution >= 4 is 58.5 Å². The first-order valence-corrected chi connectivity index (χ1v) is 28.6. The zero-order chi connectivity index (χ0) is 66.5. The Bertz CT molecular complexity index is 2490. The molecule has 2 amide bonds. The standard InChI is InChI=1S/C18H26O7.C13H16ClNO3.C13H17NO4.C10H18O8.C6H12ClN/c1-11-13(16(22)15(21)9-19)7-18(24,8-14(11)20)17(23)25-10-12-5-3-2-4-6-12;1-9(2)11(12(14)16)15-13(17)18-8-10-6-4-3-5-7-10;1-9(2)11(12(15)16)14-13(17)18-8-10-6-4-3-5-7-10;1-4-5(12)2-10(17,9(15)16)18-8(4)7(14)6(13)3-11;1-5(2)6(7)8(3)4/h2-6,11,13-16,19-22,24H,7-10H2,1H3;3-7,9,11H,8H2,1-2H3,(H,15,17);3-7,9,11H,8H2,1-2H3,(H,14,17)(H,15,16);4-8,11-14,17H,2-3H2,1H3,(H,15,16);1-4H3. The smallest absolute Gasteiger partial charge is 0.408 e. The zero-order valence-electron chi connectivity index (χ0n) is 50.6. The van der Waals surface area contributed by atoms with Gasteiger partial charge in [-0.3, -0.25) is 4.79 Å². The maximum absolute atomic E-state index is 12.4. The van der Waals surface area contributed by atoms with E-state index in [2.05, 4.69) is 10.6 Å². The Labute approximate surface area is 517 Å². The lowest BCUT2D eigenvalue weighted by Gasteiger charge is -2.44. The number of carbonyl (C=O) groups excluding carboxylic acids is 4. The molecule has 1 aliphatic carbocycles. The first kappa shape index (κ1) is 79.0. The van der Waals surface area contributed by atoms with Crippen LogP contribution in [0.1, 0.15) is 91.3 Å². The second kappa shape index (κ2) is 39.1. The summed E-state index contributed by atoms with van der Waals surface area (Å²) in [6, 6.07) is 25.8. The zero-order valence-corrected chi connectivity index (χ0v) is 52.1. The number of aliphatic hydroxyl groups excluding tert-OH is 8. The van der Waals surface area contributed by atoms with Crippen LogP contribution in [0, 0.1) is 29.6 Å². The van der Waals surface area contributed by atoms with E-state index in [1.807, 2.05) is 99.6 Å². The van der Waals surface area contributed by atoms with Crippen LogP contribution in [0.5, 0.6) is 0 Å². The molecule has 25 nitrogen and oxygen atoms in total. The molecule has 490 valence electrons. The van der Waals surface area contributed by atoms with Crippen molar-refractivity contribution in [2.45, 2.75) is 161 Å². The van der Waals surface area contributed by atoms with Crippen LogP contribution in [0.2, 0.25) is 0 Å². The number of hydrogen-bond donors (Lipinski definition) is 14. The molecule has 14 atom stereocenters. The topological polar surface area (TPSA) is 409 Å². The van der Waals surface area contributed by atoms with E-state index in [1.165, 1.54) is 6.92 Å². The number of aliphatic hydroxyl groups is 10. The molecule has 1 heterocycles. The van der Waals surface area contributed by atoms with Gasteiger partial charge in [-0.15, -0.1) is 0 Å². The molecule has 14 N–H and O–H groups in total. The molecular formula is C60H89Cl2N3O22. The fraction of sp³-hybridized carbons (Fsp3) is 0.567. The van der Waals surface area contributed by atoms with E-state index in [1.54, 1.807) is 58.9 Å². The third kappa shape index (κ3) is 27.5. The number of carboxylic acid groups (broad SMARTS) is 2. The van der Waals surface area contributed by atoms with Gasteiger partial charge in [-0.05, 0) is 77.8 Å². The predicted octanol–water partition coefficient (Wildman–Crippen LogP) is 3.60. The molecular weight excluding hydrogens is 1190 g/mol. The van der Waals surface area contributed by atoms with Crippen molar-refractivity contribution in [2.75, 3.05) is 27.3 Å². The van der Waals surface area contributed by atoms with Gasteiger partial charge in [0.15, 0.2) is 5.60 Å². The molecule has 5 rings (SSSR count). The summed E-state index contributed by atoms with van der Waals surface area (Å²) in [7, 11) is 3.85. The van der Waals surface area contributed by atoms with Crippen LogP contribution in [0.25, 0.3) is 0 Å². The molecule has 87 heavy (non-hydrogen) atoms. The highest BCUT2D eigenvalue weighted by atomic mass is 35.5. The number of alkyl carbamates (subject to hydrolysis) is 2. The van der Waals surface area contributed by atoms with Crippen molar-refractivity contribution < 1.29 is 109 Å². The van der Waals surface area contributed by atoms with E-state index >= 15 is 0 Å². The molecule has 0 radical (unpaired) electrons. The summed E-state index contributed by atoms with van der Waals surface area (Å²) < 4.78 is 20.0. The SMILES string of the molecule is CC(C)=C(Cl)N(C)C.CC(C)C(NC(=O)OCc1ccccc1)C(=O)Cl.CC(C)C(NC(=O)OCc1ccccc1)C(=O)O.CC1C(O)CC(O)(C(=O)O)OC1C(O)C(O)CO.CC1C(O)CC(O)(C(=O)OCc2ccccc2)CC1C(O)C(O)CO. The second-order valence-corrected chi connectivity index (χ2v) is 22.8. The van der Waals surface area contributed by atoms with E-state index in [4.69, 9.17) is 62.6 Å². The number of rotatable bonds is 21. The lowest BCUT2D eigenvalue weighted by atomic mass is 9.68. The molecule has 1 saturated carbocycles. The minimum atomic E-state index is -2.62. The molecule has 0 spiro atoms. The molecule has 0 bridgehead atoms. The summed E-state index contributed by atoms with van der Waals surface area (Å²) in [5, 5.41) is 120. The van der Waals surface area contributed by atoms with E-state index in [9.17, 15) is 69.6 Å². The van der Waals surface area contributed by atoms with Gasteiger partial charge in [-0.2, -0.15) is 0 Å². The van der Waals surface area contributed by atoms with E-state index in [-0.39, 0.29) is 44.5 Å². The number of esters is 1. The summed E-state index contributed by atoms with van der Waals surface area (Å²) in [6.45, 7) is 13.0. The lowest BCUT2D eigenvalue weighted by Crippen LogP contribution is -2.60. The summed E-state index contributed by atoms with van der Waals surface area (Å²) in [6.07, 6.45) is -11.8. The van der Waals surface area contributed by atoms with Crippen molar-refractivity contribution in [3.05, 3.63) is 118 Å². The molecule has 0 aromatic heterocycles. The van der Waals surface area contributed by atoms with Gasteiger partial charge < -0.3 is 95.8 Å². The second-order valence-electron chi connectivity index (χ2n) is 22.1. The number of nitrogens with one attached hydrogen (secondary N) is 2. The minimum absolute atomic E-state index is 0.0138. The summed E-state index contributed by atoms with van der Waals surface area (Å²) in [5.41, 5.74) is 1.68. The molecule has 14 unspecified atom stereocenters. The van der Waals surface area contributed by atoms with Gasteiger partial charge in [0.25, 0.3) is 5.79 Å². The Hall–Kier alpha value is -6.04. The Morgan fingerprint density at radius 2 is 1.01 bits per heavy atom. The number of hydrogen-bond acceptors (Lipinski definition) is 21. The average Bonchev–Trinajstić information content (AvgIpc) is 1.00. The number of halogens is 2. The first-order valence-electron chi connectivity index (χ1n) is 27.8. The number of ether oxygens (including phenoxy) is 4. The summed E-state index contributed by atoms with van der Waals surface area (Å²) in [4.78, 5) is 70.0. The first-order chi connectivity index (χ1) is 40.6. The average molecular weight is 1280 g/mol. The molecule has 3 aromatic rings. The number of allylic oxidation sites excluding steroid dienone is 1. The van der Waals surface area contributed by atoms with Crippen molar-refractivity contribution in [2.24, 2.45) is 29.6 Å². The van der Waals surface area contributed by atoms with E-state index in [0.29, 0.717) is 0 Å². The summed E-state index contributed by atoms with van der Waals surface area (Å²) in [5.74, 6) is -8.47. The molecule has 1 saturated heterocycles. The quantitative estimate of drug-likeness (QED) is 0.0313. The van der Waals surface area contributed by atoms with Crippen LogP contribution in [-0.4, -0.2) is 195 Å². The van der Waals surface area contributed by atoms with E-state index in [0.717, 1.165) is 27.4 Å². The van der Waals surface area contributed by atoms with Crippen molar-refractivity contribution in [1.29, 1.82) is 0 Å². The number of nitrogens with zero attached hydrogens (tertiary/aromatic N) is 1. The fourth-order valence-corrected chi connectivity index (χ4v) is 8.78. The van der Waals surface area contributed by atoms with Gasteiger partial charge in [-0.1, -0.05) is 144 Å². The Morgan fingerprint density at radius 1 is 0.621 bits per heavy atom. The molecule has 2 fully saturated rings. The van der Waals surface area contributed by atoms with Crippen LogP contribution in [0.3, 0.4) is 0 Å². The Kier molecular flexibility index (Phi) is 35.5. The largest absolute Gasteiger partial charge is 0.480 e. The van der Waals surface area contributed by atoms with Crippen LogP contribution in [-0.2, 0) is 57.9 Å². The minimum Gasteiger partial charge on any atom is -0.480 e. The van der Waals surface area contributed by atoms with Crippen LogP contribution in [0.4, 0.5) is 9.59 Å².